The number of rotatable bonds is 8. The van der Waals surface area contributed by atoms with Gasteiger partial charge in [-0.2, -0.15) is 0 Å². The van der Waals surface area contributed by atoms with Gasteiger partial charge in [0.05, 0.1) is 30.8 Å². The molecule has 9 heteroatoms. The first-order valence-electron chi connectivity index (χ1n) is 13.0. The number of dihydropyridines is 1. The molecular formula is C30H34N2O7. The molecule has 1 aliphatic heterocycles. The minimum Gasteiger partial charge on any atom is -0.493 e. The summed E-state index contributed by atoms with van der Waals surface area (Å²) in [5.74, 6) is -0.394. The van der Waals surface area contributed by atoms with Crippen molar-refractivity contribution in [3.8, 4) is 11.5 Å². The summed E-state index contributed by atoms with van der Waals surface area (Å²) >= 11 is 0. The lowest BCUT2D eigenvalue weighted by Gasteiger charge is -2.37. The molecular weight excluding hydrogens is 500 g/mol. The number of nitrogens with one attached hydrogen (secondary N) is 1. The molecule has 0 saturated carbocycles. The number of benzene rings is 2. The van der Waals surface area contributed by atoms with E-state index in [0.717, 1.165) is 5.56 Å². The van der Waals surface area contributed by atoms with Crippen LogP contribution in [0.3, 0.4) is 0 Å². The Labute approximate surface area is 228 Å². The van der Waals surface area contributed by atoms with Crippen LogP contribution in [0.1, 0.15) is 68.6 Å². The van der Waals surface area contributed by atoms with Gasteiger partial charge in [0, 0.05) is 40.9 Å². The highest BCUT2D eigenvalue weighted by Crippen LogP contribution is 2.47. The van der Waals surface area contributed by atoms with Gasteiger partial charge in [0.25, 0.3) is 5.69 Å². The van der Waals surface area contributed by atoms with E-state index in [1.807, 2.05) is 25.1 Å². The lowest BCUT2D eigenvalue weighted by atomic mass is 9.71. The van der Waals surface area contributed by atoms with Crippen molar-refractivity contribution in [2.75, 3.05) is 14.2 Å². The number of esters is 1. The van der Waals surface area contributed by atoms with Crippen molar-refractivity contribution in [2.45, 2.75) is 64.9 Å². The molecule has 206 valence electrons. The maximum atomic E-state index is 13.9. The van der Waals surface area contributed by atoms with Gasteiger partial charge in [-0.05, 0) is 62.8 Å². The van der Waals surface area contributed by atoms with Gasteiger partial charge in [0.1, 0.15) is 0 Å². The van der Waals surface area contributed by atoms with Crippen molar-refractivity contribution in [3.63, 3.8) is 0 Å². The maximum absolute atomic E-state index is 13.9. The van der Waals surface area contributed by atoms with E-state index >= 15 is 0 Å². The highest BCUT2D eigenvalue weighted by Gasteiger charge is 2.42. The number of ketones is 1. The van der Waals surface area contributed by atoms with Gasteiger partial charge in [-0.25, -0.2) is 4.79 Å². The monoisotopic (exact) mass is 534 g/mol. The number of allylic oxidation sites excluding steroid dienone is 3. The maximum Gasteiger partial charge on any atom is 0.337 e. The Hall–Kier alpha value is -4.14. The van der Waals surface area contributed by atoms with E-state index in [9.17, 15) is 19.7 Å². The minimum absolute atomic E-state index is 0.0630. The van der Waals surface area contributed by atoms with E-state index in [4.69, 9.17) is 14.2 Å². The van der Waals surface area contributed by atoms with E-state index in [1.165, 1.54) is 6.07 Å². The normalized spacial score (nSPS) is 19.7. The van der Waals surface area contributed by atoms with Crippen molar-refractivity contribution in [2.24, 2.45) is 0 Å². The molecule has 1 N–H and O–H groups in total. The third-order valence-corrected chi connectivity index (χ3v) is 7.57. The summed E-state index contributed by atoms with van der Waals surface area (Å²) in [5, 5.41) is 15.1. The number of nitro groups is 1. The molecule has 9 nitrogen and oxygen atoms in total. The Bertz CT molecular complexity index is 1390. The van der Waals surface area contributed by atoms with Gasteiger partial charge >= 0.3 is 5.97 Å². The lowest BCUT2D eigenvalue weighted by molar-refractivity contribution is -0.385. The summed E-state index contributed by atoms with van der Waals surface area (Å²) in [7, 11) is 3.13. The zero-order valence-corrected chi connectivity index (χ0v) is 23.1. The summed E-state index contributed by atoms with van der Waals surface area (Å²) in [6.45, 7) is 7.16. The molecule has 2 aromatic rings. The molecule has 0 amide bonds. The Balaban J connectivity index is 1.82. The van der Waals surface area contributed by atoms with Gasteiger partial charge < -0.3 is 19.5 Å². The molecule has 0 unspecified atom stereocenters. The van der Waals surface area contributed by atoms with E-state index in [1.54, 1.807) is 47.1 Å². The molecule has 3 atom stereocenters. The molecule has 39 heavy (non-hydrogen) atoms. The molecule has 2 aliphatic rings. The fourth-order valence-corrected chi connectivity index (χ4v) is 5.32. The average molecular weight is 535 g/mol. The second kappa shape index (κ2) is 11.3. The van der Waals surface area contributed by atoms with Crippen LogP contribution in [0.15, 0.2) is 58.9 Å². The van der Waals surface area contributed by atoms with Crippen LogP contribution in [0.5, 0.6) is 11.5 Å². The molecule has 0 aromatic heterocycles. The van der Waals surface area contributed by atoms with Crippen LogP contribution < -0.4 is 14.8 Å². The van der Waals surface area contributed by atoms with Gasteiger partial charge in [0.15, 0.2) is 17.3 Å². The van der Waals surface area contributed by atoms with Crippen LogP contribution in [-0.4, -0.2) is 37.0 Å². The van der Waals surface area contributed by atoms with Crippen LogP contribution in [-0.2, 0) is 14.3 Å². The highest BCUT2D eigenvalue weighted by molar-refractivity contribution is 6.04. The first kappa shape index (κ1) is 27.9. The van der Waals surface area contributed by atoms with E-state index in [-0.39, 0.29) is 29.9 Å². The SMILES string of the molecule is CC[C@H](C)OC(=O)C1=C(C)NC2=C(C(=O)C[C@@H](c3ccc(OC)c(OC)c3)C2)[C@H]1c1ccc(C)c([N+](=O)[O-])c1. The van der Waals surface area contributed by atoms with Crippen LogP contribution in [0.25, 0.3) is 0 Å². The molecule has 4 rings (SSSR count). The third kappa shape index (κ3) is 5.39. The number of ether oxygens (including phenoxy) is 3. The zero-order valence-electron chi connectivity index (χ0n) is 23.1. The number of nitro benzene ring substituents is 1. The number of nitrogens with zero attached hydrogens (tertiary/aromatic N) is 1. The Morgan fingerprint density at radius 3 is 2.41 bits per heavy atom. The first-order valence-corrected chi connectivity index (χ1v) is 13.0. The Morgan fingerprint density at radius 2 is 1.77 bits per heavy atom. The number of methoxy groups -OCH3 is 2. The second-order valence-corrected chi connectivity index (χ2v) is 10.1. The Kier molecular flexibility index (Phi) is 8.09. The zero-order chi connectivity index (χ0) is 28.4. The summed E-state index contributed by atoms with van der Waals surface area (Å²) in [6.07, 6.45) is 1.04. The fraction of sp³-hybridized carbons (Fsp3) is 0.400. The quantitative estimate of drug-likeness (QED) is 0.263. The van der Waals surface area contributed by atoms with Crippen molar-refractivity contribution in [3.05, 3.63) is 85.7 Å². The highest BCUT2D eigenvalue weighted by atomic mass is 16.6. The van der Waals surface area contributed by atoms with E-state index in [2.05, 4.69) is 5.32 Å². The van der Waals surface area contributed by atoms with Gasteiger partial charge in [0.2, 0.25) is 0 Å². The molecule has 0 radical (unpaired) electrons. The smallest absolute Gasteiger partial charge is 0.337 e. The van der Waals surface area contributed by atoms with Crippen molar-refractivity contribution in [1.29, 1.82) is 0 Å². The first-order chi connectivity index (χ1) is 18.6. The summed E-state index contributed by atoms with van der Waals surface area (Å²) in [5.41, 5.74) is 3.89. The summed E-state index contributed by atoms with van der Waals surface area (Å²) in [4.78, 5) is 38.6. The number of aryl methyl sites for hydroxylation is 1. The van der Waals surface area contributed by atoms with Crippen molar-refractivity contribution >= 4 is 17.4 Å². The number of Topliss-reactive ketones (excluding diaryl/α,β-unsaturated/α-hetero) is 1. The molecule has 0 fully saturated rings. The van der Waals surface area contributed by atoms with Gasteiger partial charge in [-0.15, -0.1) is 0 Å². The van der Waals surface area contributed by atoms with E-state index < -0.39 is 16.8 Å². The summed E-state index contributed by atoms with van der Waals surface area (Å²) < 4.78 is 16.5. The number of carbonyl (C=O) groups excluding carboxylic acids is 2. The van der Waals surface area contributed by atoms with Crippen LogP contribution in [0.4, 0.5) is 5.69 Å². The largest absolute Gasteiger partial charge is 0.493 e. The molecule has 1 heterocycles. The Morgan fingerprint density at radius 1 is 1.08 bits per heavy atom. The van der Waals surface area contributed by atoms with Gasteiger partial charge in [-0.1, -0.05) is 25.1 Å². The summed E-state index contributed by atoms with van der Waals surface area (Å²) in [6, 6.07) is 10.5. The molecule has 0 spiro atoms. The minimum atomic E-state index is -0.782. The third-order valence-electron chi connectivity index (χ3n) is 7.57. The standard InChI is InChI=1S/C30H34N2O7/c1-7-17(3)39-30(34)27-18(4)31-22-12-21(19-10-11-25(37-5)26(15-19)38-6)14-24(33)29(22)28(27)20-9-8-16(2)23(13-20)32(35)36/h8-11,13,15,17,21,28,31H,7,12,14H2,1-6H3/t17-,21-,28-/m0/s1. The van der Waals surface area contributed by atoms with Crippen LogP contribution in [0.2, 0.25) is 0 Å². The average Bonchev–Trinajstić information content (AvgIpc) is 2.91. The topological polar surface area (TPSA) is 117 Å². The fourth-order valence-electron chi connectivity index (χ4n) is 5.32. The number of hydrogen-bond donors (Lipinski definition) is 1. The van der Waals surface area contributed by atoms with Gasteiger partial charge in [-0.3, -0.25) is 14.9 Å². The second-order valence-electron chi connectivity index (χ2n) is 10.1. The molecule has 0 saturated heterocycles. The van der Waals surface area contributed by atoms with Crippen LogP contribution in [0, 0.1) is 17.0 Å². The predicted octanol–water partition coefficient (Wildman–Crippen LogP) is 5.62. The van der Waals surface area contributed by atoms with E-state index in [0.29, 0.717) is 58.0 Å². The number of hydrogen-bond acceptors (Lipinski definition) is 8. The van der Waals surface area contributed by atoms with Crippen molar-refractivity contribution < 1.29 is 28.7 Å². The predicted molar refractivity (Wildman–Crippen MR) is 146 cm³/mol. The lowest BCUT2D eigenvalue weighted by Crippen LogP contribution is -2.36. The van der Waals surface area contributed by atoms with Crippen molar-refractivity contribution in [1.82, 2.24) is 5.32 Å². The van der Waals surface area contributed by atoms with Crippen LogP contribution >= 0.6 is 0 Å². The number of carbonyl (C=O) groups is 2. The molecule has 2 aromatic carbocycles. The molecule has 0 bridgehead atoms. The molecule has 1 aliphatic carbocycles.